The van der Waals surface area contributed by atoms with Gasteiger partial charge in [0.15, 0.2) is 0 Å². The molecular weight excluding hydrogens is 190 g/mol. The van der Waals surface area contributed by atoms with Gasteiger partial charge in [-0.3, -0.25) is 9.36 Å². The molecule has 0 unspecified atom stereocenters. The summed E-state index contributed by atoms with van der Waals surface area (Å²) in [5.41, 5.74) is 12.3. The Morgan fingerprint density at radius 2 is 1.73 bits per heavy atom. The predicted octanol–water partition coefficient (Wildman–Crippen LogP) is 1.00. The molecule has 0 atom stereocenters. The highest BCUT2D eigenvalue weighted by Crippen LogP contribution is 2.09. The number of nitrogen functional groups attached to an aromatic ring is 2. The van der Waals surface area contributed by atoms with E-state index in [4.69, 9.17) is 11.5 Å². The van der Waals surface area contributed by atoms with Crippen LogP contribution >= 0.6 is 0 Å². The fourth-order valence-electron chi connectivity index (χ4n) is 1.41. The topological polar surface area (TPSA) is 74.0 Å². The molecule has 76 valence electrons. The van der Waals surface area contributed by atoms with E-state index in [-0.39, 0.29) is 11.2 Å². The Morgan fingerprint density at radius 3 is 2.40 bits per heavy atom. The lowest BCUT2D eigenvalue weighted by Gasteiger charge is -2.07. The molecule has 0 fully saturated rings. The standard InChI is InChI=1S/C11H11N3O/c12-8-6-10(13)11(15)14(7-8)9-4-2-1-3-5-9/h1-7H,12-13H2. The molecule has 0 amide bonds. The van der Waals surface area contributed by atoms with E-state index in [1.54, 1.807) is 6.20 Å². The maximum absolute atomic E-state index is 11.7. The monoisotopic (exact) mass is 201 g/mol. The minimum absolute atomic E-state index is 0.152. The molecule has 4 N–H and O–H groups in total. The lowest BCUT2D eigenvalue weighted by Crippen LogP contribution is -2.21. The van der Waals surface area contributed by atoms with Crippen molar-refractivity contribution in [2.24, 2.45) is 0 Å². The first-order chi connectivity index (χ1) is 7.18. The fraction of sp³-hybridized carbons (Fsp3) is 0. The summed E-state index contributed by atoms with van der Waals surface area (Å²) in [6, 6.07) is 10.7. The summed E-state index contributed by atoms with van der Waals surface area (Å²) >= 11 is 0. The normalized spacial score (nSPS) is 10.1. The molecule has 0 aliphatic carbocycles. The summed E-state index contributed by atoms with van der Waals surface area (Å²) < 4.78 is 1.44. The minimum Gasteiger partial charge on any atom is -0.397 e. The zero-order chi connectivity index (χ0) is 10.8. The zero-order valence-corrected chi connectivity index (χ0v) is 8.05. The Balaban J connectivity index is 2.69. The van der Waals surface area contributed by atoms with Crippen LogP contribution in [0.15, 0.2) is 47.4 Å². The molecule has 0 saturated carbocycles. The number of hydrogen-bond donors (Lipinski definition) is 2. The third-order valence-corrected chi connectivity index (χ3v) is 2.10. The van der Waals surface area contributed by atoms with E-state index in [0.29, 0.717) is 5.69 Å². The first-order valence-corrected chi connectivity index (χ1v) is 4.51. The number of para-hydroxylation sites is 1. The molecule has 0 aliphatic rings. The second-order valence-electron chi connectivity index (χ2n) is 3.24. The second-order valence-corrected chi connectivity index (χ2v) is 3.24. The Morgan fingerprint density at radius 1 is 1.07 bits per heavy atom. The number of anilines is 2. The molecular formula is C11H11N3O. The van der Waals surface area contributed by atoms with Gasteiger partial charge < -0.3 is 11.5 Å². The number of rotatable bonds is 1. The molecule has 0 saturated heterocycles. The fourth-order valence-corrected chi connectivity index (χ4v) is 1.41. The minimum atomic E-state index is -0.254. The average molecular weight is 201 g/mol. The first-order valence-electron chi connectivity index (χ1n) is 4.51. The van der Waals surface area contributed by atoms with Crippen LogP contribution in [0, 0.1) is 0 Å². The highest BCUT2D eigenvalue weighted by Gasteiger charge is 2.03. The van der Waals surface area contributed by atoms with Crippen LogP contribution < -0.4 is 17.0 Å². The van der Waals surface area contributed by atoms with Gasteiger partial charge in [0.25, 0.3) is 5.56 Å². The van der Waals surface area contributed by atoms with Gasteiger partial charge in [0.1, 0.15) is 5.69 Å². The third kappa shape index (κ3) is 1.69. The largest absolute Gasteiger partial charge is 0.397 e. The molecule has 15 heavy (non-hydrogen) atoms. The van der Waals surface area contributed by atoms with Crippen molar-refractivity contribution in [3.05, 3.63) is 52.9 Å². The highest BCUT2D eigenvalue weighted by molar-refractivity contribution is 5.51. The van der Waals surface area contributed by atoms with E-state index in [1.807, 2.05) is 30.3 Å². The van der Waals surface area contributed by atoms with Crippen LogP contribution in [-0.2, 0) is 0 Å². The summed E-state index contributed by atoms with van der Waals surface area (Å²) in [4.78, 5) is 11.7. The van der Waals surface area contributed by atoms with Crippen molar-refractivity contribution in [3.63, 3.8) is 0 Å². The van der Waals surface area contributed by atoms with Crippen molar-refractivity contribution >= 4 is 11.4 Å². The van der Waals surface area contributed by atoms with Crippen LogP contribution in [0.3, 0.4) is 0 Å². The van der Waals surface area contributed by atoms with Gasteiger partial charge in [-0.2, -0.15) is 0 Å². The number of benzene rings is 1. The van der Waals surface area contributed by atoms with E-state index in [1.165, 1.54) is 10.6 Å². The number of pyridine rings is 1. The number of nitrogens with two attached hydrogens (primary N) is 2. The van der Waals surface area contributed by atoms with E-state index >= 15 is 0 Å². The molecule has 4 nitrogen and oxygen atoms in total. The average Bonchev–Trinajstić information content (AvgIpc) is 2.24. The quantitative estimate of drug-likeness (QED) is 0.722. The van der Waals surface area contributed by atoms with Crippen molar-refractivity contribution in [1.82, 2.24) is 4.57 Å². The van der Waals surface area contributed by atoms with Gasteiger partial charge in [-0.15, -0.1) is 0 Å². The Bertz CT molecular complexity index is 531. The van der Waals surface area contributed by atoms with Gasteiger partial charge in [-0.25, -0.2) is 0 Å². The summed E-state index contributed by atoms with van der Waals surface area (Å²) in [7, 11) is 0. The third-order valence-electron chi connectivity index (χ3n) is 2.10. The Labute approximate surface area is 86.8 Å². The van der Waals surface area contributed by atoms with E-state index in [0.717, 1.165) is 5.69 Å². The van der Waals surface area contributed by atoms with Crippen molar-refractivity contribution < 1.29 is 0 Å². The SMILES string of the molecule is Nc1cc(N)c(=O)n(-c2ccccc2)c1. The Hall–Kier alpha value is -2.23. The number of aromatic nitrogens is 1. The van der Waals surface area contributed by atoms with Gasteiger partial charge in [0, 0.05) is 11.9 Å². The summed E-state index contributed by atoms with van der Waals surface area (Å²) in [6.45, 7) is 0. The molecule has 2 aromatic rings. The van der Waals surface area contributed by atoms with Crippen LogP contribution in [0.4, 0.5) is 11.4 Å². The van der Waals surface area contributed by atoms with Gasteiger partial charge in [-0.05, 0) is 18.2 Å². The van der Waals surface area contributed by atoms with Gasteiger partial charge in [-0.1, -0.05) is 18.2 Å². The number of hydrogen-bond acceptors (Lipinski definition) is 3. The highest BCUT2D eigenvalue weighted by atomic mass is 16.1. The summed E-state index contributed by atoms with van der Waals surface area (Å²) in [5.74, 6) is 0. The van der Waals surface area contributed by atoms with Gasteiger partial charge in [0.2, 0.25) is 0 Å². The molecule has 1 aromatic carbocycles. The van der Waals surface area contributed by atoms with Crippen LogP contribution in [0.5, 0.6) is 0 Å². The zero-order valence-electron chi connectivity index (χ0n) is 8.05. The van der Waals surface area contributed by atoms with Crippen molar-refractivity contribution in [1.29, 1.82) is 0 Å². The maximum atomic E-state index is 11.7. The maximum Gasteiger partial charge on any atom is 0.278 e. The molecule has 0 radical (unpaired) electrons. The van der Waals surface area contributed by atoms with Crippen LogP contribution in [-0.4, -0.2) is 4.57 Å². The lowest BCUT2D eigenvalue weighted by molar-refractivity contribution is 0.998. The summed E-state index contributed by atoms with van der Waals surface area (Å²) in [6.07, 6.45) is 1.56. The lowest BCUT2D eigenvalue weighted by atomic mass is 10.3. The van der Waals surface area contributed by atoms with Crippen LogP contribution in [0.1, 0.15) is 0 Å². The first kappa shape index (κ1) is 9.33. The van der Waals surface area contributed by atoms with Crippen LogP contribution in [0.2, 0.25) is 0 Å². The molecule has 1 aromatic heterocycles. The van der Waals surface area contributed by atoms with E-state index in [2.05, 4.69) is 0 Å². The van der Waals surface area contributed by atoms with Gasteiger partial charge >= 0.3 is 0 Å². The molecule has 4 heteroatoms. The molecule has 0 aliphatic heterocycles. The van der Waals surface area contributed by atoms with Crippen molar-refractivity contribution in [2.45, 2.75) is 0 Å². The predicted molar refractivity (Wildman–Crippen MR) is 60.9 cm³/mol. The molecule has 2 rings (SSSR count). The number of nitrogens with zero attached hydrogens (tertiary/aromatic N) is 1. The second kappa shape index (κ2) is 3.49. The van der Waals surface area contributed by atoms with Crippen LogP contribution in [0.25, 0.3) is 5.69 Å². The smallest absolute Gasteiger partial charge is 0.278 e. The molecule has 1 heterocycles. The van der Waals surface area contributed by atoms with Gasteiger partial charge in [0.05, 0.1) is 5.69 Å². The molecule has 0 spiro atoms. The molecule has 0 bridgehead atoms. The Kier molecular flexibility index (Phi) is 2.17. The van der Waals surface area contributed by atoms with Crippen molar-refractivity contribution in [2.75, 3.05) is 11.5 Å². The van der Waals surface area contributed by atoms with E-state index in [9.17, 15) is 4.79 Å². The van der Waals surface area contributed by atoms with Crippen molar-refractivity contribution in [3.8, 4) is 5.69 Å². The van der Waals surface area contributed by atoms with E-state index < -0.39 is 0 Å². The summed E-state index contributed by atoms with van der Waals surface area (Å²) in [5, 5.41) is 0.